The molecular formula is C21H18BrFN2O. The number of aromatic nitrogens is 1. The molecule has 0 bridgehead atoms. The van der Waals surface area contributed by atoms with E-state index >= 15 is 0 Å². The summed E-state index contributed by atoms with van der Waals surface area (Å²) < 4.78 is 14.0. The molecule has 2 aromatic carbocycles. The Bertz CT molecular complexity index is 1080. The lowest BCUT2D eigenvalue weighted by atomic mass is 9.78. The summed E-state index contributed by atoms with van der Waals surface area (Å²) in [7, 11) is 0. The standard InChI is InChI=1S/C21H18BrFN2O/c1-3-13-8-14-4-6-16(9-19(14)25-20(13)26)21(2,12-24)11-15-5-7-17(23)10-18(15)22/h4-10H,3,11H2,1-2H3,(H,25,26). The first-order valence-corrected chi connectivity index (χ1v) is 9.17. The smallest absolute Gasteiger partial charge is 0.251 e. The van der Waals surface area contributed by atoms with Crippen LogP contribution in [0.5, 0.6) is 0 Å². The molecular weight excluding hydrogens is 395 g/mol. The molecule has 1 aromatic heterocycles. The summed E-state index contributed by atoms with van der Waals surface area (Å²) in [4.78, 5) is 15.0. The summed E-state index contributed by atoms with van der Waals surface area (Å²) in [5.74, 6) is -0.325. The van der Waals surface area contributed by atoms with Crippen molar-refractivity contribution in [2.24, 2.45) is 0 Å². The first-order chi connectivity index (χ1) is 12.4. The minimum Gasteiger partial charge on any atom is -0.322 e. The second kappa shape index (κ2) is 7.05. The topological polar surface area (TPSA) is 56.6 Å². The molecule has 3 nitrogen and oxygen atoms in total. The second-order valence-corrected chi connectivity index (χ2v) is 7.49. The monoisotopic (exact) mass is 412 g/mol. The molecule has 1 atom stereocenters. The van der Waals surface area contributed by atoms with Crippen molar-refractivity contribution in [3.05, 3.63) is 79.8 Å². The van der Waals surface area contributed by atoms with E-state index in [-0.39, 0.29) is 11.4 Å². The number of fused-ring (bicyclic) bond motifs is 1. The Kier molecular flexibility index (Phi) is 4.97. The molecule has 1 N–H and O–H groups in total. The molecule has 1 heterocycles. The van der Waals surface area contributed by atoms with Crippen molar-refractivity contribution >= 4 is 26.8 Å². The lowest BCUT2D eigenvalue weighted by Gasteiger charge is -2.23. The number of H-pyrrole nitrogens is 1. The van der Waals surface area contributed by atoms with Gasteiger partial charge in [-0.3, -0.25) is 4.79 Å². The predicted octanol–water partition coefficient (Wildman–Crippen LogP) is 5.02. The van der Waals surface area contributed by atoms with Gasteiger partial charge < -0.3 is 4.98 Å². The van der Waals surface area contributed by atoms with Crippen LogP contribution in [0.2, 0.25) is 0 Å². The third-order valence-corrected chi connectivity index (χ3v) is 5.48. The fourth-order valence-corrected chi connectivity index (χ4v) is 3.60. The number of pyridine rings is 1. The molecule has 3 aromatic rings. The lowest BCUT2D eigenvalue weighted by Crippen LogP contribution is -2.23. The minimum absolute atomic E-state index is 0.0999. The molecule has 0 fully saturated rings. The zero-order valence-electron chi connectivity index (χ0n) is 14.6. The maximum Gasteiger partial charge on any atom is 0.251 e. The molecule has 1 unspecified atom stereocenters. The van der Waals surface area contributed by atoms with Crippen molar-refractivity contribution in [1.82, 2.24) is 4.98 Å². The van der Waals surface area contributed by atoms with Crippen LogP contribution in [0.25, 0.3) is 10.9 Å². The number of nitrogens with zero attached hydrogens (tertiary/aromatic N) is 1. The summed E-state index contributed by atoms with van der Waals surface area (Å²) in [6, 6.07) is 14.4. The third kappa shape index (κ3) is 3.42. The Balaban J connectivity index is 2.06. The van der Waals surface area contributed by atoms with E-state index in [1.807, 2.05) is 38.1 Å². The summed E-state index contributed by atoms with van der Waals surface area (Å²) >= 11 is 3.37. The van der Waals surface area contributed by atoms with Crippen LogP contribution in [0.4, 0.5) is 4.39 Å². The number of hydrogen-bond donors (Lipinski definition) is 1. The van der Waals surface area contributed by atoms with Gasteiger partial charge in [-0.1, -0.05) is 41.1 Å². The van der Waals surface area contributed by atoms with Gasteiger partial charge in [0.1, 0.15) is 5.82 Å². The molecule has 0 aliphatic rings. The number of aromatic amines is 1. The van der Waals surface area contributed by atoms with Gasteiger partial charge in [-0.15, -0.1) is 0 Å². The van der Waals surface area contributed by atoms with Crippen molar-refractivity contribution in [2.75, 3.05) is 0 Å². The normalized spacial score (nSPS) is 13.3. The van der Waals surface area contributed by atoms with E-state index in [2.05, 4.69) is 27.0 Å². The number of benzene rings is 2. The SMILES string of the molecule is CCc1cc2ccc(C(C)(C#N)Cc3ccc(F)cc3Br)cc2[nH]c1=O. The molecule has 0 aliphatic carbocycles. The molecule has 3 rings (SSSR count). The summed E-state index contributed by atoms with van der Waals surface area (Å²) in [5.41, 5.74) is 2.20. The largest absolute Gasteiger partial charge is 0.322 e. The van der Waals surface area contributed by atoms with Crippen molar-refractivity contribution < 1.29 is 4.39 Å². The molecule has 0 aliphatic heterocycles. The summed E-state index contributed by atoms with van der Waals surface area (Å²) in [6.07, 6.45) is 1.09. The molecule has 0 radical (unpaired) electrons. The average Bonchev–Trinajstić information content (AvgIpc) is 2.62. The van der Waals surface area contributed by atoms with Gasteiger partial charge in [-0.05, 0) is 60.5 Å². The van der Waals surface area contributed by atoms with Gasteiger partial charge in [0.2, 0.25) is 0 Å². The van der Waals surface area contributed by atoms with Crippen LogP contribution < -0.4 is 5.56 Å². The zero-order valence-corrected chi connectivity index (χ0v) is 16.2. The number of rotatable bonds is 4. The third-order valence-electron chi connectivity index (χ3n) is 4.75. The highest BCUT2D eigenvalue weighted by Gasteiger charge is 2.28. The molecule has 132 valence electrons. The van der Waals surface area contributed by atoms with E-state index in [9.17, 15) is 14.4 Å². The highest BCUT2D eigenvalue weighted by molar-refractivity contribution is 9.10. The Hall–Kier alpha value is -2.45. The van der Waals surface area contributed by atoms with Gasteiger partial charge in [-0.25, -0.2) is 4.39 Å². The number of hydrogen-bond acceptors (Lipinski definition) is 2. The van der Waals surface area contributed by atoms with Crippen molar-refractivity contribution in [1.29, 1.82) is 5.26 Å². The number of aryl methyl sites for hydroxylation is 1. The fraction of sp³-hybridized carbons (Fsp3) is 0.238. The van der Waals surface area contributed by atoms with Crippen LogP contribution in [-0.2, 0) is 18.3 Å². The second-order valence-electron chi connectivity index (χ2n) is 6.64. The van der Waals surface area contributed by atoms with E-state index in [0.29, 0.717) is 22.8 Å². The molecule has 0 spiro atoms. The maximum absolute atomic E-state index is 13.3. The molecule has 5 heteroatoms. The van der Waals surface area contributed by atoms with Crippen LogP contribution in [-0.4, -0.2) is 4.98 Å². The zero-order chi connectivity index (χ0) is 18.9. The van der Waals surface area contributed by atoms with Gasteiger partial charge in [0.25, 0.3) is 5.56 Å². The lowest BCUT2D eigenvalue weighted by molar-refractivity contribution is 0.599. The number of nitriles is 1. The van der Waals surface area contributed by atoms with Crippen LogP contribution in [0.1, 0.15) is 30.5 Å². The Morgan fingerprint density at radius 2 is 1.96 bits per heavy atom. The van der Waals surface area contributed by atoms with E-state index in [4.69, 9.17) is 0 Å². The van der Waals surface area contributed by atoms with Crippen LogP contribution >= 0.6 is 15.9 Å². The predicted molar refractivity (Wildman–Crippen MR) is 105 cm³/mol. The quantitative estimate of drug-likeness (QED) is 0.653. The van der Waals surface area contributed by atoms with Gasteiger partial charge in [0, 0.05) is 15.6 Å². The molecule has 0 saturated carbocycles. The van der Waals surface area contributed by atoms with Gasteiger partial charge >= 0.3 is 0 Å². The first kappa shape index (κ1) is 18.3. The van der Waals surface area contributed by atoms with Crippen molar-refractivity contribution in [3.63, 3.8) is 0 Å². The Morgan fingerprint density at radius 3 is 2.62 bits per heavy atom. The van der Waals surface area contributed by atoms with Gasteiger partial charge in [0.05, 0.1) is 11.5 Å². The highest BCUT2D eigenvalue weighted by Crippen LogP contribution is 2.32. The molecule has 0 saturated heterocycles. The highest BCUT2D eigenvalue weighted by atomic mass is 79.9. The average molecular weight is 413 g/mol. The first-order valence-electron chi connectivity index (χ1n) is 8.38. The van der Waals surface area contributed by atoms with E-state index in [1.54, 1.807) is 6.07 Å². The Labute approximate surface area is 159 Å². The maximum atomic E-state index is 13.3. The van der Waals surface area contributed by atoms with E-state index in [1.165, 1.54) is 12.1 Å². The van der Waals surface area contributed by atoms with E-state index in [0.717, 1.165) is 22.1 Å². The number of nitrogens with one attached hydrogen (secondary N) is 1. The van der Waals surface area contributed by atoms with Crippen molar-refractivity contribution in [3.8, 4) is 6.07 Å². The number of halogens is 2. The van der Waals surface area contributed by atoms with Gasteiger partial charge in [-0.2, -0.15) is 5.26 Å². The van der Waals surface area contributed by atoms with Crippen molar-refractivity contribution in [2.45, 2.75) is 32.1 Å². The summed E-state index contributed by atoms with van der Waals surface area (Å²) in [6.45, 7) is 3.79. The summed E-state index contributed by atoms with van der Waals surface area (Å²) in [5, 5.41) is 10.8. The molecule has 26 heavy (non-hydrogen) atoms. The Morgan fingerprint density at radius 1 is 1.19 bits per heavy atom. The molecule has 0 amide bonds. The van der Waals surface area contributed by atoms with E-state index < -0.39 is 5.41 Å². The van der Waals surface area contributed by atoms with Crippen LogP contribution in [0.3, 0.4) is 0 Å². The fourth-order valence-electron chi connectivity index (χ4n) is 3.10. The van der Waals surface area contributed by atoms with Gasteiger partial charge in [0.15, 0.2) is 0 Å². The minimum atomic E-state index is -0.811. The van der Waals surface area contributed by atoms with Crippen LogP contribution in [0.15, 0.2) is 51.7 Å². The van der Waals surface area contributed by atoms with Crippen LogP contribution in [0, 0.1) is 17.1 Å².